The van der Waals surface area contributed by atoms with E-state index in [0.717, 1.165) is 6.42 Å². The molecule has 0 saturated carbocycles. The minimum Gasteiger partial charge on any atom is -0.273 e. The first-order chi connectivity index (χ1) is 5.54. The van der Waals surface area contributed by atoms with Crippen molar-refractivity contribution in [2.24, 2.45) is 16.9 Å². The third-order valence-corrected chi connectivity index (χ3v) is 1.37. The van der Waals surface area contributed by atoms with Crippen LogP contribution in [-0.4, -0.2) is 12.1 Å². The van der Waals surface area contributed by atoms with Crippen molar-refractivity contribution in [3.8, 4) is 0 Å². The second-order valence-electron chi connectivity index (χ2n) is 3.57. The van der Waals surface area contributed by atoms with Crippen LogP contribution in [0.1, 0.15) is 34.1 Å². The van der Waals surface area contributed by atoms with Gasteiger partial charge in [0.2, 0.25) is 5.91 Å². The molecule has 0 heterocycles. The molecule has 0 atom stereocenters. The maximum atomic E-state index is 11.0. The number of rotatable bonds is 4. The molecule has 0 aliphatic carbocycles. The van der Waals surface area contributed by atoms with Crippen LogP contribution in [0.4, 0.5) is 0 Å². The summed E-state index contributed by atoms with van der Waals surface area (Å²) in [4.78, 5) is 11.0. The van der Waals surface area contributed by atoms with Crippen LogP contribution in [0.25, 0.3) is 0 Å². The van der Waals surface area contributed by atoms with Crippen molar-refractivity contribution in [2.45, 2.75) is 34.1 Å². The third-order valence-electron chi connectivity index (χ3n) is 1.37. The highest BCUT2D eigenvalue weighted by atomic mass is 16.2. The average Bonchev–Trinajstić information content (AvgIpc) is 1.97. The normalized spacial score (nSPS) is 11.5. The van der Waals surface area contributed by atoms with E-state index in [2.05, 4.69) is 24.4 Å². The zero-order valence-electron chi connectivity index (χ0n) is 8.29. The van der Waals surface area contributed by atoms with Crippen LogP contribution in [-0.2, 0) is 4.79 Å². The lowest BCUT2D eigenvalue weighted by Gasteiger charge is -2.01. The molecule has 12 heavy (non-hydrogen) atoms. The lowest BCUT2D eigenvalue weighted by Crippen LogP contribution is -2.22. The van der Waals surface area contributed by atoms with Gasteiger partial charge in [-0.2, -0.15) is 5.10 Å². The number of hydrogen-bond donors (Lipinski definition) is 1. The van der Waals surface area contributed by atoms with Crippen molar-refractivity contribution in [3.05, 3.63) is 0 Å². The van der Waals surface area contributed by atoms with Gasteiger partial charge in [-0.1, -0.05) is 27.7 Å². The maximum Gasteiger partial charge on any atom is 0.242 e. The zero-order chi connectivity index (χ0) is 9.56. The monoisotopic (exact) mass is 170 g/mol. The third kappa shape index (κ3) is 5.89. The van der Waals surface area contributed by atoms with E-state index in [1.807, 2.05) is 13.8 Å². The van der Waals surface area contributed by atoms with Crippen LogP contribution in [0, 0.1) is 11.8 Å². The molecule has 3 heteroatoms. The Kier molecular flexibility index (Phi) is 5.34. The number of carbonyl (C=O) groups excluding carboxylic acids is 1. The molecular weight excluding hydrogens is 152 g/mol. The van der Waals surface area contributed by atoms with Gasteiger partial charge in [0, 0.05) is 12.1 Å². The van der Waals surface area contributed by atoms with E-state index in [0.29, 0.717) is 5.92 Å². The van der Waals surface area contributed by atoms with Gasteiger partial charge in [0.15, 0.2) is 0 Å². The van der Waals surface area contributed by atoms with E-state index in [1.54, 1.807) is 6.21 Å². The highest BCUT2D eigenvalue weighted by Crippen LogP contribution is 1.94. The van der Waals surface area contributed by atoms with E-state index in [1.165, 1.54) is 0 Å². The molecular formula is C9H18N2O. The highest BCUT2D eigenvalue weighted by molar-refractivity contribution is 5.78. The molecule has 0 rings (SSSR count). The molecule has 0 aromatic rings. The van der Waals surface area contributed by atoms with Crippen molar-refractivity contribution >= 4 is 12.1 Å². The Morgan fingerprint density at radius 2 is 2.00 bits per heavy atom. The van der Waals surface area contributed by atoms with Crippen LogP contribution in [0.15, 0.2) is 5.10 Å². The van der Waals surface area contributed by atoms with Crippen molar-refractivity contribution in [1.82, 2.24) is 5.43 Å². The van der Waals surface area contributed by atoms with Gasteiger partial charge in [0.1, 0.15) is 0 Å². The first-order valence-electron chi connectivity index (χ1n) is 4.35. The fraction of sp³-hybridized carbons (Fsp3) is 0.778. The molecule has 0 spiro atoms. The summed E-state index contributed by atoms with van der Waals surface area (Å²) in [6.07, 6.45) is 2.64. The van der Waals surface area contributed by atoms with Gasteiger partial charge in [0.05, 0.1) is 0 Å². The van der Waals surface area contributed by atoms with E-state index >= 15 is 0 Å². The van der Waals surface area contributed by atoms with Gasteiger partial charge in [-0.3, -0.25) is 4.79 Å². The summed E-state index contributed by atoms with van der Waals surface area (Å²) in [6, 6.07) is 0. The van der Waals surface area contributed by atoms with Crippen LogP contribution in [0.2, 0.25) is 0 Å². The maximum absolute atomic E-state index is 11.0. The van der Waals surface area contributed by atoms with Crippen molar-refractivity contribution in [1.29, 1.82) is 0 Å². The summed E-state index contributed by atoms with van der Waals surface area (Å²) < 4.78 is 0. The predicted octanol–water partition coefficient (Wildman–Crippen LogP) is 1.79. The molecule has 0 aliphatic heterocycles. The summed E-state index contributed by atoms with van der Waals surface area (Å²) in [6.45, 7) is 7.90. The number of hydrogen-bond acceptors (Lipinski definition) is 2. The minimum atomic E-state index is -0.0324. The molecule has 0 radical (unpaired) electrons. The predicted molar refractivity (Wildman–Crippen MR) is 50.9 cm³/mol. The highest BCUT2D eigenvalue weighted by Gasteiger charge is 2.03. The second-order valence-corrected chi connectivity index (χ2v) is 3.57. The molecule has 3 nitrogen and oxygen atoms in total. The van der Waals surface area contributed by atoms with Crippen LogP contribution < -0.4 is 5.43 Å². The molecule has 1 amide bonds. The topological polar surface area (TPSA) is 41.5 Å². The first kappa shape index (κ1) is 11.1. The average molecular weight is 170 g/mol. The number of nitrogens with zero attached hydrogens (tertiary/aromatic N) is 1. The molecule has 70 valence electrons. The van der Waals surface area contributed by atoms with Gasteiger partial charge in [0.25, 0.3) is 0 Å². The molecule has 1 N–H and O–H groups in total. The lowest BCUT2D eigenvalue weighted by molar-refractivity contribution is -0.123. The Labute approximate surface area is 74.2 Å². The van der Waals surface area contributed by atoms with E-state index < -0.39 is 0 Å². The summed E-state index contributed by atoms with van der Waals surface area (Å²) in [5.41, 5.74) is 2.47. The Balaban J connectivity index is 3.54. The largest absolute Gasteiger partial charge is 0.273 e. The number of hydrazone groups is 1. The molecule has 0 aromatic heterocycles. The summed E-state index contributed by atoms with van der Waals surface area (Å²) >= 11 is 0. The number of nitrogens with one attached hydrogen (secondary N) is 1. The van der Waals surface area contributed by atoms with E-state index in [-0.39, 0.29) is 11.8 Å². The van der Waals surface area contributed by atoms with Crippen LogP contribution in [0.3, 0.4) is 0 Å². The zero-order valence-corrected chi connectivity index (χ0v) is 8.29. The Hall–Kier alpha value is -0.860. The molecule has 0 fully saturated rings. The fourth-order valence-corrected chi connectivity index (χ4v) is 0.502. The SMILES string of the molecule is CC(C)C/C=N/NC(=O)C(C)C. The smallest absolute Gasteiger partial charge is 0.242 e. The summed E-state index contributed by atoms with van der Waals surface area (Å²) in [7, 11) is 0. The molecule has 0 aliphatic rings. The number of carbonyl (C=O) groups is 1. The second kappa shape index (κ2) is 5.75. The van der Waals surface area contributed by atoms with Gasteiger partial charge in [-0.25, -0.2) is 5.43 Å². The molecule has 0 unspecified atom stereocenters. The Bertz CT molecular complexity index is 162. The Morgan fingerprint density at radius 3 is 2.42 bits per heavy atom. The van der Waals surface area contributed by atoms with Gasteiger partial charge in [-0.15, -0.1) is 0 Å². The Morgan fingerprint density at radius 1 is 1.42 bits per heavy atom. The van der Waals surface area contributed by atoms with Gasteiger partial charge < -0.3 is 0 Å². The fourth-order valence-electron chi connectivity index (χ4n) is 0.502. The summed E-state index contributed by atoms with van der Waals surface area (Å²) in [5, 5.41) is 3.81. The van der Waals surface area contributed by atoms with Crippen LogP contribution in [0.5, 0.6) is 0 Å². The molecule has 0 bridgehead atoms. The van der Waals surface area contributed by atoms with Gasteiger partial charge >= 0.3 is 0 Å². The van der Waals surface area contributed by atoms with Crippen molar-refractivity contribution < 1.29 is 4.79 Å². The standard InChI is InChI=1S/C9H18N2O/c1-7(2)5-6-10-11-9(12)8(3)4/h6-8H,5H2,1-4H3,(H,11,12)/b10-6+. The first-order valence-corrected chi connectivity index (χ1v) is 4.35. The van der Waals surface area contributed by atoms with Gasteiger partial charge in [-0.05, 0) is 12.3 Å². The minimum absolute atomic E-state index is 0.00111. The van der Waals surface area contributed by atoms with E-state index in [4.69, 9.17) is 0 Å². The number of amides is 1. The molecule has 0 saturated heterocycles. The summed E-state index contributed by atoms with van der Waals surface area (Å²) in [5.74, 6) is 0.556. The molecule has 0 aromatic carbocycles. The quantitative estimate of drug-likeness (QED) is 0.507. The lowest BCUT2D eigenvalue weighted by atomic mass is 10.2. The van der Waals surface area contributed by atoms with Crippen molar-refractivity contribution in [2.75, 3.05) is 0 Å². The van der Waals surface area contributed by atoms with E-state index in [9.17, 15) is 4.79 Å². The van der Waals surface area contributed by atoms with Crippen LogP contribution >= 0.6 is 0 Å². The van der Waals surface area contributed by atoms with Crippen molar-refractivity contribution in [3.63, 3.8) is 0 Å².